The number of nitrogens with zero attached hydrogens (tertiary/aromatic N) is 1. The Morgan fingerprint density at radius 2 is 1.56 bits per heavy atom. The van der Waals surface area contributed by atoms with Crippen LogP contribution in [-0.4, -0.2) is 51.4 Å². The fourth-order valence-electron chi connectivity index (χ4n) is 1.91. The number of hydrogen-bond acceptors (Lipinski definition) is 5. The van der Waals surface area contributed by atoms with Gasteiger partial charge >= 0.3 is 0 Å². The van der Waals surface area contributed by atoms with Crippen molar-refractivity contribution in [2.75, 3.05) is 6.61 Å². The quantitative estimate of drug-likeness (QED) is 0.409. The summed E-state index contributed by atoms with van der Waals surface area (Å²) in [5.74, 6) is 0. The molecule has 0 saturated carbocycles. The van der Waals surface area contributed by atoms with Crippen LogP contribution in [0.25, 0.3) is 0 Å². The van der Waals surface area contributed by atoms with Crippen LogP contribution in [0.1, 0.15) is 6.23 Å². The van der Waals surface area contributed by atoms with Gasteiger partial charge in [-0.1, -0.05) is 6.07 Å². The summed E-state index contributed by atoms with van der Waals surface area (Å²) in [5.41, 5.74) is 0. The van der Waals surface area contributed by atoms with Gasteiger partial charge in [-0.25, -0.2) is 0 Å². The Hall–Kier alpha value is -0.570. The van der Waals surface area contributed by atoms with Crippen LogP contribution in [0.2, 0.25) is 0 Å². The number of pyridine rings is 1. The van der Waals surface area contributed by atoms with Crippen molar-refractivity contribution >= 4 is 0 Å². The van der Waals surface area contributed by atoms with Crippen LogP contribution in [0.3, 0.4) is 0 Å². The molecular weight excluding hydrogens is 306 g/mol. The van der Waals surface area contributed by atoms with Gasteiger partial charge in [-0.2, -0.15) is 4.57 Å². The van der Waals surface area contributed by atoms with Crippen molar-refractivity contribution < 1.29 is 46.7 Å². The Labute approximate surface area is 115 Å². The van der Waals surface area contributed by atoms with E-state index in [9.17, 15) is 15.3 Å². The number of halogens is 1. The molecule has 0 aromatic carbocycles. The van der Waals surface area contributed by atoms with Crippen LogP contribution in [0, 0.1) is 0 Å². The Balaban J connectivity index is 0.00000162. The molecule has 0 unspecified atom stereocenters. The van der Waals surface area contributed by atoms with E-state index in [0.717, 1.165) is 0 Å². The SMILES string of the molecule is OC[C@H]1O[C@@H]([n+]2ccccc2)[C@H](O)[C@@H](O)[C@@H]1O.[Br-]. The average molecular weight is 322 g/mol. The van der Waals surface area contributed by atoms with Crippen molar-refractivity contribution in [1.82, 2.24) is 0 Å². The van der Waals surface area contributed by atoms with Gasteiger partial charge < -0.3 is 42.1 Å². The number of rotatable bonds is 2. The molecule has 2 heterocycles. The van der Waals surface area contributed by atoms with Gasteiger partial charge in [0.15, 0.2) is 18.5 Å². The molecule has 5 atom stereocenters. The van der Waals surface area contributed by atoms with Gasteiger partial charge in [-0.15, -0.1) is 0 Å². The first-order chi connectivity index (χ1) is 8.15. The second kappa shape index (κ2) is 6.55. The van der Waals surface area contributed by atoms with E-state index in [1.165, 1.54) is 0 Å². The molecule has 0 amide bonds. The molecular formula is C11H16BrNO5. The van der Waals surface area contributed by atoms with Crippen LogP contribution in [0.4, 0.5) is 0 Å². The maximum Gasteiger partial charge on any atom is 0.292 e. The van der Waals surface area contributed by atoms with Crippen molar-refractivity contribution in [3.8, 4) is 0 Å². The topological polar surface area (TPSA) is 94.0 Å². The van der Waals surface area contributed by atoms with Gasteiger partial charge in [0.05, 0.1) is 6.61 Å². The lowest BCUT2D eigenvalue weighted by molar-refractivity contribution is -0.778. The number of aliphatic hydroxyl groups excluding tert-OH is 4. The third-order valence-electron chi connectivity index (χ3n) is 2.90. The zero-order valence-corrected chi connectivity index (χ0v) is 11.1. The number of aliphatic hydroxyl groups is 4. The molecule has 0 bridgehead atoms. The summed E-state index contributed by atoms with van der Waals surface area (Å²) >= 11 is 0. The molecule has 4 N–H and O–H groups in total. The fourth-order valence-corrected chi connectivity index (χ4v) is 1.91. The second-order valence-corrected chi connectivity index (χ2v) is 4.04. The molecule has 1 aromatic rings. The first-order valence-corrected chi connectivity index (χ1v) is 5.41. The molecule has 1 aromatic heterocycles. The van der Waals surface area contributed by atoms with Crippen LogP contribution in [-0.2, 0) is 4.74 Å². The van der Waals surface area contributed by atoms with E-state index in [-0.39, 0.29) is 17.0 Å². The zero-order valence-electron chi connectivity index (χ0n) is 9.50. The summed E-state index contributed by atoms with van der Waals surface area (Å²) < 4.78 is 6.94. The van der Waals surface area contributed by atoms with Gasteiger partial charge in [-0.05, 0) is 0 Å². The largest absolute Gasteiger partial charge is 1.00 e. The van der Waals surface area contributed by atoms with Crippen LogP contribution < -0.4 is 21.5 Å². The van der Waals surface area contributed by atoms with Gasteiger partial charge in [0.1, 0.15) is 18.3 Å². The van der Waals surface area contributed by atoms with E-state index >= 15 is 0 Å². The van der Waals surface area contributed by atoms with Gasteiger partial charge in [0.25, 0.3) is 6.23 Å². The predicted molar refractivity (Wildman–Crippen MR) is 55.7 cm³/mol. The van der Waals surface area contributed by atoms with Crippen molar-refractivity contribution in [3.63, 3.8) is 0 Å². The third kappa shape index (κ3) is 2.87. The molecule has 7 heteroatoms. The van der Waals surface area contributed by atoms with Crippen molar-refractivity contribution in [1.29, 1.82) is 0 Å². The number of hydrogen-bond donors (Lipinski definition) is 4. The fraction of sp³-hybridized carbons (Fsp3) is 0.545. The number of aromatic nitrogens is 1. The second-order valence-electron chi connectivity index (χ2n) is 4.04. The molecule has 1 fully saturated rings. The summed E-state index contributed by atoms with van der Waals surface area (Å²) in [5, 5.41) is 38.1. The highest BCUT2D eigenvalue weighted by Gasteiger charge is 2.47. The van der Waals surface area contributed by atoms with Crippen molar-refractivity contribution in [2.45, 2.75) is 30.6 Å². The molecule has 1 aliphatic heterocycles. The van der Waals surface area contributed by atoms with Crippen LogP contribution in [0.5, 0.6) is 0 Å². The van der Waals surface area contributed by atoms with Crippen LogP contribution in [0.15, 0.2) is 30.6 Å². The minimum absolute atomic E-state index is 0. The minimum atomic E-state index is -1.35. The Morgan fingerprint density at radius 1 is 0.944 bits per heavy atom. The first-order valence-electron chi connectivity index (χ1n) is 5.41. The van der Waals surface area contributed by atoms with E-state index in [0.29, 0.717) is 0 Å². The van der Waals surface area contributed by atoms with Crippen molar-refractivity contribution in [3.05, 3.63) is 30.6 Å². The maximum absolute atomic E-state index is 9.84. The van der Waals surface area contributed by atoms with Gasteiger partial charge in [0, 0.05) is 12.1 Å². The number of ether oxygens (including phenoxy) is 1. The van der Waals surface area contributed by atoms with Gasteiger partial charge in [-0.3, -0.25) is 0 Å². The lowest BCUT2D eigenvalue weighted by Gasteiger charge is -2.36. The zero-order chi connectivity index (χ0) is 12.4. The highest BCUT2D eigenvalue weighted by Crippen LogP contribution is 2.24. The summed E-state index contributed by atoms with van der Waals surface area (Å²) in [4.78, 5) is 0. The highest BCUT2D eigenvalue weighted by atomic mass is 79.9. The lowest BCUT2D eigenvalue weighted by Crippen LogP contribution is -3.00. The van der Waals surface area contributed by atoms with Crippen LogP contribution >= 0.6 is 0 Å². The first kappa shape index (κ1) is 15.5. The van der Waals surface area contributed by atoms with E-state index in [1.54, 1.807) is 35.2 Å². The molecule has 0 radical (unpaired) electrons. The molecule has 1 saturated heterocycles. The molecule has 0 spiro atoms. The van der Waals surface area contributed by atoms with E-state index in [2.05, 4.69) is 0 Å². The molecule has 18 heavy (non-hydrogen) atoms. The standard InChI is InChI=1S/C11H16NO5.BrH/c13-6-7-8(14)9(15)10(16)11(17-7)12-4-2-1-3-5-12;/h1-5,7-11,13-16H,6H2;1H/q+1;/p-1/t7-,8-,9+,10-,11-;/m1./s1. The van der Waals surface area contributed by atoms with E-state index in [4.69, 9.17) is 9.84 Å². The average Bonchev–Trinajstić information content (AvgIpc) is 2.37. The summed E-state index contributed by atoms with van der Waals surface area (Å²) in [6.45, 7) is -0.422. The molecule has 102 valence electrons. The minimum Gasteiger partial charge on any atom is -1.00 e. The summed E-state index contributed by atoms with van der Waals surface area (Å²) in [6.07, 6.45) is -2.29. The Kier molecular flexibility index (Phi) is 5.64. The summed E-state index contributed by atoms with van der Waals surface area (Å²) in [7, 11) is 0. The molecule has 0 aliphatic carbocycles. The predicted octanol–water partition coefficient (Wildman–Crippen LogP) is -5.05. The molecule has 1 aliphatic rings. The molecule has 6 nitrogen and oxygen atoms in total. The molecule has 2 rings (SSSR count). The van der Waals surface area contributed by atoms with E-state index < -0.39 is 37.3 Å². The smallest absolute Gasteiger partial charge is 0.292 e. The maximum atomic E-state index is 9.84. The Bertz CT molecular complexity index is 364. The normalized spacial score (nSPS) is 35.9. The van der Waals surface area contributed by atoms with Gasteiger partial charge in [0.2, 0.25) is 0 Å². The monoisotopic (exact) mass is 321 g/mol. The third-order valence-corrected chi connectivity index (χ3v) is 2.90. The van der Waals surface area contributed by atoms with E-state index in [1.807, 2.05) is 0 Å². The highest BCUT2D eigenvalue weighted by molar-refractivity contribution is 4.89. The lowest BCUT2D eigenvalue weighted by atomic mass is 9.98. The van der Waals surface area contributed by atoms with Crippen molar-refractivity contribution in [2.24, 2.45) is 0 Å². The Morgan fingerprint density at radius 3 is 2.11 bits per heavy atom. The summed E-state index contributed by atoms with van der Waals surface area (Å²) in [6, 6.07) is 5.31.